The second kappa shape index (κ2) is 9.70. The molecule has 0 bridgehead atoms. The van der Waals surface area contributed by atoms with E-state index in [4.69, 9.17) is 5.10 Å². The number of hydrogen-bond acceptors (Lipinski definition) is 6. The Bertz CT molecular complexity index is 1410. The average molecular weight is 448 g/mol. The lowest BCUT2D eigenvalue weighted by molar-refractivity contribution is -0.122. The second-order valence-corrected chi connectivity index (χ2v) is 7.38. The number of hydrogen-bond donors (Lipinski definition) is 1. The van der Waals surface area contributed by atoms with Crippen LogP contribution >= 0.6 is 0 Å². The van der Waals surface area contributed by atoms with Crippen LogP contribution in [0.5, 0.6) is 0 Å². The van der Waals surface area contributed by atoms with Gasteiger partial charge in [0, 0.05) is 22.9 Å². The summed E-state index contributed by atoms with van der Waals surface area (Å²) in [5, 5.41) is 21.0. The number of para-hydroxylation sites is 1. The van der Waals surface area contributed by atoms with E-state index < -0.39 is 0 Å². The number of nitrogens with zero attached hydrogens (tertiary/aromatic N) is 7. The van der Waals surface area contributed by atoms with Gasteiger partial charge in [-0.2, -0.15) is 15.0 Å². The summed E-state index contributed by atoms with van der Waals surface area (Å²) in [4.78, 5) is 13.6. The van der Waals surface area contributed by atoms with E-state index in [0.717, 1.165) is 28.1 Å². The second-order valence-electron chi connectivity index (χ2n) is 7.38. The lowest BCUT2D eigenvalue weighted by atomic mass is 10.1. The number of nitrogens with one attached hydrogen (secondary N) is 1. The number of benzene rings is 3. The third-order valence-corrected chi connectivity index (χ3v) is 4.97. The van der Waals surface area contributed by atoms with Crippen molar-refractivity contribution >= 4 is 12.1 Å². The van der Waals surface area contributed by atoms with Crippen molar-refractivity contribution in [2.24, 2.45) is 5.10 Å². The molecule has 0 saturated heterocycles. The zero-order valence-electron chi connectivity index (χ0n) is 18.1. The van der Waals surface area contributed by atoms with Crippen molar-refractivity contribution in [3.63, 3.8) is 0 Å². The van der Waals surface area contributed by atoms with Crippen LogP contribution in [0.4, 0.5) is 0 Å². The Morgan fingerprint density at radius 2 is 1.50 bits per heavy atom. The van der Waals surface area contributed by atoms with Crippen LogP contribution in [0, 0.1) is 0 Å². The molecule has 0 radical (unpaired) electrons. The SMILES string of the molecule is O=C(Cn1nnc(-c2ccccc2)n1)N/N=C/c1cn(-c2ccccc2)nc1-c1ccccc1. The zero-order chi connectivity index (χ0) is 23.2. The fourth-order valence-electron chi connectivity index (χ4n) is 3.37. The lowest BCUT2D eigenvalue weighted by Gasteiger charge is -2.00. The summed E-state index contributed by atoms with van der Waals surface area (Å²) in [6.07, 6.45) is 3.45. The quantitative estimate of drug-likeness (QED) is 0.304. The van der Waals surface area contributed by atoms with Crippen LogP contribution in [-0.4, -0.2) is 42.1 Å². The van der Waals surface area contributed by atoms with Gasteiger partial charge in [0.15, 0.2) is 0 Å². The Balaban J connectivity index is 1.30. The van der Waals surface area contributed by atoms with Crippen LogP contribution in [-0.2, 0) is 11.3 Å². The molecular weight excluding hydrogens is 428 g/mol. The highest BCUT2D eigenvalue weighted by Crippen LogP contribution is 2.22. The molecule has 2 heterocycles. The Labute approximate surface area is 195 Å². The first-order chi connectivity index (χ1) is 16.8. The summed E-state index contributed by atoms with van der Waals surface area (Å²) in [6.45, 7) is -0.105. The normalized spacial score (nSPS) is 11.1. The maximum atomic E-state index is 12.4. The molecule has 0 atom stereocenters. The number of aromatic nitrogens is 6. The number of rotatable bonds is 7. The molecule has 1 amide bonds. The molecular formula is C25H20N8O. The van der Waals surface area contributed by atoms with Gasteiger partial charge in [0.2, 0.25) is 5.82 Å². The van der Waals surface area contributed by atoms with Crippen LogP contribution in [0.25, 0.3) is 28.3 Å². The van der Waals surface area contributed by atoms with E-state index in [-0.39, 0.29) is 12.5 Å². The van der Waals surface area contributed by atoms with E-state index >= 15 is 0 Å². The Morgan fingerprint density at radius 1 is 0.853 bits per heavy atom. The molecule has 9 nitrogen and oxygen atoms in total. The maximum absolute atomic E-state index is 12.4. The number of tetrazole rings is 1. The van der Waals surface area contributed by atoms with Gasteiger partial charge < -0.3 is 0 Å². The first-order valence-corrected chi connectivity index (χ1v) is 10.6. The minimum Gasteiger partial charge on any atom is -0.271 e. The van der Waals surface area contributed by atoms with Crippen molar-refractivity contribution in [2.45, 2.75) is 6.54 Å². The van der Waals surface area contributed by atoms with Gasteiger partial charge in [-0.15, -0.1) is 10.2 Å². The molecule has 5 aromatic rings. The topological polar surface area (TPSA) is 103 Å². The van der Waals surface area contributed by atoms with Crippen LogP contribution < -0.4 is 5.43 Å². The molecule has 0 aliphatic rings. The first-order valence-electron chi connectivity index (χ1n) is 10.6. The Hall–Kier alpha value is -4.92. The standard InChI is InChI=1S/C25H20N8O/c34-23(18-33-30-25(28-31-33)20-12-6-2-7-13-20)27-26-16-21-17-32(22-14-8-3-9-15-22)29-24(21)19-10-4-1-5-11-19/h1-17H,18H2,(H,27,34)/b26-16+. The molecule has 5 rings (SSSR count). The van der Waals surface area contributed by atoms with E-state index in [1.54, 1.807) is 10.9 Å². The third kappa shape index (κ3) is 4.78. The highest BCUT2D eigenvalue weighted by Gasteiger charge is 2.12. The molecule has 34 heavy (non-hydrogen) atoms. The summed E-state index contributed by atoms with van der Waals surface area (Å²) in [5.41, 5.74) is 6.75. The van der Waals surface area contributed by atoms with Gasteiger partial charge >= 0.3 is 0 Å². The highest BCUT2D eigenvalue weighted by molar-refractivity contribution is 5.89. The number of carbonyl (C=O) groups excluding carboxylic acids is 1. The molecule has 2 aromatic heterocycles. The molecule has 9 heteroatoms. The number of hydrazone groups is 1. The summed E-state index contributed by atoms with van der Waals surface area (Å²) in [6, 6.07) is 29.1. The molecule has 0 spiro atoms. The van der Waals surface area contributed by atoms with Crippen LogP contribution in [0.3, 0.4) is 0 Å². The van der Waals surface area contributed by atoms with Gasteiger partial charge in [-0.25, -0.2) is 10.1 Å². The zero-order valence-corrected chi connectivity index (χ0v) is 18.1. The monoisotopic (exact) mass is 448 g/mol. The number of carbonyl (C=O) groups is 1. The Kier molecular flexibility index (Phi) is 5.98. The van der Waals surface area contributed by atoms with Crippen molar-refractivity contribution in [1.29, 1.82) is 0 Å². The predicted octanol–water partition coefficient (Wildman–Crippen LogP) is 3.34. The van der Waals surface area contributed by atoms with Crippen molar-refractivity contribution < 1.29 is 4.79 Å². The average Bonchev–Trinajstić information content (AvgIpc) is 3.53. The molecule has 166 valence electrons. The largest absolute Gasteiger partial charge is 0.271 e. The van der Waals surface area contributed by atoms with Crippen LogP contribution in [0.2, 0.25) is 0 Å². The van der Waals surface area contributed by atoms with Crippen molar-refractivity contribution in [3.8, 4) is 28.3 Å². The highest BCUT2D eigenvalue weighted by atomic mass is 16.2. The summed E-state index contributed by atoms with van der Waals surface area (Å²) >= 11 is 0. The molecule has 0 aliphatic heterocycles. The molecule has 0 unspecified atom stereocenters. The lowest BCUT2D eigenvalue weighted by Crippen LogP contribution is -2.24. The van der Waals surface area contributed by atoms with E-state index in [9.17, 15) is 4.79 Å². The van der Waals surface area contributed by atoms with Gasteiger partial charge in [0.05, 0.1) is 11.9 Å². The number of amides is 1. The van der Waals surface area contributed by atoms with Gasteiger partial charge in [-0.1, -0.05) is 78.9 Å². The minimum atomic E-state index is -0.370. The maximum Gasteiger partial charge on any atom is 0.263 e. The van der Waals surface area contributed by atoms with Crippen LogP contribution in [0.1, 0.15) is 5.56 Å². The molecule has 0 saturated carbocycles. The van der Waals surface area contributed by atoms with Gasteiger partial charge in [-0.05, 0) is 17.3 Å². The third-order valence-electron chi connectivity index (χ3n) is 4.97. The minimum absolute atomic E-state index is 0.105. The smallest absolute Gasteiger partial charge is 0.263 e. The van der Waals surface area contributed by atoms with Crippen LogP contribution in [0.15, 0.2) is 102 Å². The summed E-state index contributed by atoms with van der Waals surface area (Å²) in [5.74, 6) is 0.0858. The molecule has 3 aromatic carbocycles. The van der Waals surface area contributed by atoms with E-state index in [1.807, 2.05) is 97.2 Å². The molecule has 0 aliphatic carbocycles. The summed E-state index contributed by atoms with van der Waals surface area (Å²) in [7, 11) is 0. The van der Waals surface area contributed by atoms with E-state index in [1.165, 1.54) is 4.80 Å². The first kappa shape index (κ1) is 21.0. The van der Waals surface area contributed by atoms with Crippen molar-refractivity contribution in [1.82, 2.24) is 35.4 Å². The van der Waals surface area contributed by atoms with Gasteiger partial charge in [0.25, 0.3) is 5.91 Å². The predicted molar refractivity (Wildman–Crippen MR) is 128 cm³/mol. The van der Waals surface area contributed by atoms with E-state index in [2.05, 4.69) is 25.9 Å². The van der Waals surface area contributed by atoms with Gasteiger partial charge in [0.1, 0.15) is 12.2 Å². The fourth-order valence-corrected chi connectivity index (χ4v) is 3.37. The van der Waals surface area contributed by atoms with E-state index in [0.29, 0.717) is 5.82 Å². The summed E-state index contributed by atoms with van der Waals surface area (Å²) < 4.78 is 1.79. The fraction of sp³-hybridized carbons (Fsp3) is 0.0400. The van der Waals surface area contributed by atoms with Crippen molar-refractivity contribution in [3.05, 3.63) is 103 Å². The van der Waals surface area contributed by atoms with Gasteiger partial charge in [-0.3, -0.25) is 4.79 Å². The molecule has 1 N–H and O–H groups in total. The molecule has 0 fully saturated rings. The Morgan fingerprint density at radius 3 is 2.21 bits per heavy atom. The van der Waals surface area contributed by atoms with Crippen molar-refractivity contribution in [2.75, 3.05) is 0 Å².